The number of carbonyl (C=O) groups is 1. The van der Waals surface area contributed by atoms with E-state index in [2.05, 4.69) is 30.1 Å². The maximum atomic E-state index is 12.9. The summed E-state index contributed by atoms with van der Waals surface area (Å²) in [4.78, 5) is 15.0. The Labute approximate surface area is 189 Å². The van der Waals surface area contributed by atoms with Crippen LogP contribution in [0.4, 0.5) is 0 Å². The zero-order chi connectivity index (χ0) is 22.5. The van der Waals surface area contributed by atoms with Crippen molar-refractivity contribution < 1.29 is 19.4 Å². The van der Waals surface area contributed by atoms with Gasteiger partial charge in [0.05, 0.1) is 25.8 Å². The molecule has 0 radical (unpaired) electrons. The second-order valence-corrected chi connectivity index (χ2v) is 8.81. The van der Waals surface area contributed by atoms with Gasteiger partial charge in [-0.15, -0.1) is 0 Å². The predicted octanol–water partition coefficient (Wildman–Crippen LogP) is 4.16. The number of benzene rings is 2. The van der Waals surface area contributed by atoms with Gasteiger partial charge < -0.3 is 19.9 Å². The molecule has 2 heterocycles. The van der Waals surface area contributed by atoms with Crippen LogP contribution in [0.25, 0.3) is 5.57 Å². The molecular weight excluding hydrogens is 404 g/mol. The molecule has 6 heteroatoms. The van der Waals surface area contributed by atoms with Crippen molar-refractivity contribution in [1.29, 1.82) is 0 Å². The lowest BCUT2D eigenvalue weighted by molar-refractivity contribution is -0.123. The standard InChI is InChI=1S/C26H32N2O4/c1-18(2)26(21-6-9-23-24(16-21)32-15-3-14-31-23)27-25(30)17-28-12-10-20(11-13-28)19-4-7-22(29)8-5-19/h4-10,16,18,26,29H,3,11-15,17H2,1-2H3,(H,27,30). The van der Waals surface area contributed by atoms with E-state index in [0.717, 1.165) is 48.6 Å². The smallest absolute Gasteiger partial charge is 0.234 e. The minimum atomic E-state index is -0.0902. The Bertz CT molecular complexity index is 968. The number of hydrogen-bond acceptors (Lipinski definition) is 5. The molecule has 6 nitrogen and oxygen atoms in total. The van der Waals surface area contributed by atoms with Gasteiger partial charge in [0, 0.05) is 19.5 Å². The minimum absolute atomic E-state index is 0.0253. The Morgan fingerprint density at radius 1 is 1.09 bits per heavy atom. The molecule has 1 atom stereocenters. The normalized spacial score (nSPS) is 17.4. The number of rotatable bonds is 6. The third-order valence-electron chi connectivity index (χ3n) is 6.01. The van der Waals surface area contributed by atoms with Gasteiger partial charge >= 0.3 is 0 Å². The number of amides is 1. The van der Waals surface area contributed by atoms with Crippen molar-refractivity contribution in [1.82, 2.24) is 10.2 Å². The van der Waals surface area contributed by atoms with Crippen molar-refractivity contribution in [3.63, 3.8) is 0 Å². The van der Waals surface area contributed by atoms with Crippen LogP contribution in [-0.2, 0) is 4.79 Å². The Morgan fingerprint density at radius 2 is 1.84 bits per heavy atom. The number of ether oxygens (including phenoxy) is 2. The first-order chi connectivity index (χ1) is 15.5. The lowest BCUT2D eigenvalue weighted by atomic mass is 9.95. The van der Waals surface area contributed by atoms with E-state index in [1.54, 1.807) is 12.1 Å². The number of fused-ring (bicyclic) bond motifs is 1. The number of phenolic OH excluding ortho intramolecular Hbond substituents is 1. The van der Waals surface area contributed by atoms with Gasteiger partial charge in [-0.25, -0.2) is 0 Å². The fraction of sp³-hybridized carbons (Fsp3) is 0.423. The fourth-order valence-corrected chi connectivity index (χ4v) is 4.22. The minimum Gasteiger partial charge on any atom is -0.508 e. The van der Waals surface area contributed by atoms with E-state index in [1.807, 2.05) is 30.3 Å². The number of phenols is 1. The fourth-order valence-electron chi connectivity index (χ4n) is 4.22. The van der Waals surface area contributed by atoms with Crippen molar-refractivity contribution >= 4 is 11.5 Å². The van der Waals surface area contributed by atoms with Gasteiger partial charge in [-0.05, 0) is 53.3 Å². The molecule has 0 aromatic heterocycles. The summed E-state index contributed by atoms with van der Waals surface area (Å²) in [5.41, 5.74) is 3.42. The summed E-state index contributed by atoms with van der Waals surface area (Å²) in [6.07, 6.45) is 3.92. The molecular formula is C26H32N2O4. The van der Waals surface area contributed by atoms with E-state index in [-0.39, 0.29) is 23.6 Å². The summed E-state index contributed by atoms with van der Waals surface area (Å²) in [5, 5.41) is 12.7. The third kappa shape index (κ3) is 5.43. The molecule has 0 saturated carbocycles. The predicted molar refractivity (Wildman–Crippen MR) is 125 cm³/mol. The van der Waals surface area contributed by atoms with Gasteiger partial charge in [-0.1, -0.05) is 38.1 Å². The molecule has 170 valence electrons. The highest BCUT2D eigenvalue weighted by atomic mass is 16.5. The van der Waals surface area contributed by atoms with Crippen LogP contribution in [0.3, 0.4) is 0 Å². The van der Waals surface area contributed by atoms with E-state index < -0.39 is 0 Å². The largest absolute Gasteiger partial charge is 0.508 e. The van der Waals surface area contributed by atoms with Gasteiger partial charge in [0.2, 0.25) is 5.91 Å². The maximum absolute atomic E-state index is 12.9. The van der Waals surface area contributed by atoms with Crippen LogP contribution in [0.15, 0.2) is 48.5 Å². The molecule has 0 saturated heterocycles. The molecule has 0 bridgehead atoms. The first-order valence-corrected chi connectivity index (χ1v) is 11.4. The van der Waals surface area contributed by atoms with Crippen LogP contribution < -0.4 is 14.8 Å². The van der Waals surface area contributed by atoms with Crippen molar-refractivity contribution in [2.75, 3.05) is 32.8 Å². The van der Waals surface area contributed by atoms with Crippen LogP contribution in [0, 0.1) is 5.92 Å². The van der Waals surface area contributed by atoms with E-state index in [4.69, 9.17) is 9.47 Å². The van der Waals surface area contributed by atoms with E-state index >= 15 is 0 Å². The molecule has 2 aliphatic rings. The van der Waals surface area contributed by atoms with Gasteiger partial charge in [-0.3, -0.25) is 9.69 Å². The molecule has 4 rings (SSSR count). The van der Waals surface area contributed by atoms with Crippen LogP contribution in [0.2, 0.25) is 0 Å². The molecule has 0 spiro atoms. The zero-order valence-corrected chi connectivity index (χ0v) is 18.8. The highest BCUT2D eigenvalue weighted by Gasteiger charge is 2.23. The second-order valence-electron chi connectivity index (χ2n) is 8.81. The number of hydrogen-bond donors (Lipinski definition) is 2. The summed E-state index contributed by atoms with van der Waals surface area (Å²) in [7, 11) is 0. The Morgan fingerprint density at radius 3 is 2.53 bits per heavy atom. The van der Waals surface area contributed by atoms with Gasteiger partial charge in [-0.2, -0.15) is 0 Å². The first-order valence-electron chi connectivity index (χ1n) is 11.4. The van der Waals surface area contributed by atoms with Crippen molar-refractivity contribution in [2.24, 2.45) is 5.92 Å². The molecule has 2 aliphatic heterocycles. The monoisotopic (exact) mass is 436 g/mol. The van der Waals surface area contributed by atoms with Crippen LogP contribution >= 0.6 is 0 Å². The van der Waals surface area contributed by atoms with Crippen molar-refractivity contribution in [3.05, 3.63) is 59.7 Å². The van der Waals surface area contributed by atoms with Crippen molar-refractivity contribution in [2.45, 2.75) is 32.7 Å². The molecule has 2 N–H and O–H groups in total. The second kappa shape index (κ2) is 10.1. The topological polar surface area (TPSA) is 71.0 Å². The summed E-state index contributed by atoms with van der Waals surface area (Å²) >= 11 is 0. The SMILES string of the molecule is CC(C)C(NC(=O)CN1CC=C(c2ccc(O)cc2)CC1)c1ccc2c(c1)OCCCO2. The van der Waals surface area contributed by atoms with Gasteiger partial charge in [0.15, 0.2) is 11.5 Å². The summed E-state index contributed by atoms with van der Waals surface area (Å²) < 4.78 is 11.6. The maximum Gasteiger partial charge on any atom is 0.234 e. The average Bonchev–Trinajstić information content (AvgIpc) is 3.03. The molecule has 0 aliphatic carbocycles. The molecule has 2 aromatic rings. The van der Waals surface area contributed by atoms with Gasteiger partial charge in [0.25, 0.3) is 0 Å². The Balaban J connectivity index is 1.37. The van der Waals surface area contributed by atoms with Crippen LogP contribution in [0.5, 0.6) is 17.2 Å². The summed E-state index contributed by atoms with van der Waals surface area (Å²) in [6, 6.07) is 13.2. The summed E-state index contributed by atoms with van der Waals surface area (Å²) in [6.45, 7) is 7.46. The number of carbonyl (C=O) groups excluding carboxylic acids is 1. The molecule has 2 aromatic carbocycles. The number of nitrogens with zero attached hydrogens (tertiary/aromatic N) is 1. The summed E-state index contributed by atoms with van der Waals surface area (Å²) in [5.74, 6) is 2.06. The molecule has 1 amide bonds. The van der Waals surface area contributed by atoms with E-state index in [9.17, 15) is 9.90 Å². The van der Waals surface area contributed by atoms with Crippen molar-refractivity contribution in [3.8, 4) is 17.2 Å². The molecule has 1 unspecified atom stereocenters. The Hall–Kier alpha value is -2.99. The van der Waals surface area contributed by atoms with E-state index in [0.29, 0.717) is 19.8 Å². The zero-order valence-electron chi connectivity index (χ0n) is 18.8. The van der Waals surface area contributed by atoms with E-state index in [1.165, 1.54) is 5.57 Å². The third-order valence-corrected chi connectivity index (χ3v) is 6.01. The first kappa shape index (κ1) is 22.2. The number of nitrogens with one attached hydrogen (secondary N) is 1. The average molecular weight is 437 g/mol. The van der Waals surface area contributed by atoms with Crippen LogP contribution in [-0.4, -0.2) is 48.8 Å². The van der Waals surface area contributed by atoms with Gasteiger partial charge in [0.1, 0.15) is 5.75 Å². The Kier molecular flexibility index (Phi) is 7.00. The lowest BCUT2D eigenvalue weighted by Crippen LogP contribution is -2.41. The van der Waals surface area contributed by atoms with Crippen LogP contribution in [0.1, 0.15) is 43.9 Å². The lowest BCUT2D eigenvalue weighted by Gasteiger charge is -2.28. The highest BCUT2D eigenvalue weighted by molar-refractivity contribution is 5.79. The number of aromatic hydroxyl groups is 1. The highest BCUT2D eigenvalue weighted by Crippen LogP contribution is 2.34. The molecule has 0 fully saturated rings. The molecule has 32 heavy (non-hydrogen) atoms. The quantitative estimate of drug-likeness (QED) is 0.712.